The molecule has 0 radical (unpaired) electrons. The van der Waals surface area contributed by atoms with Crippen molar-refractivity contribution in [1.29, 1.82) is 0 Å². The largest absolute Gasteiger partial charge is 0.359 e. The van der Waals surface area contributed by atoms with Crippen LogP contribution in [-0.2, 0) is 6.54 Å². The average molecular weight is 314 g/mol. The van der Waals surface area contributed by atoms with Crippen molar-refractivity contribution >= 4 is 17.3 Å². The molecule has 0 aliphatic heterocycles. The second kappa shape index (κ2) is 8.51. The molecule has 0 amide bonds. The highest BCUT2D eigenvalue weighted by Gasteiger charge is 2.17. The second-order valence-corrected chi connectivity index (χ2v) is 6.00. The molecular formula is C18H24N3S+. The summed E-state index contributed by atoms with van der Waals surface area (Å²) in [5.41, 5.74) is 2.55. The SMILES string of the molecule is C[NH+](C)[C@@H](CNC(=S)NCc1ccccc1)c1ccccc1. The fourth-order valence-corrected chi connectivity index (χ4v) is 2.53. The highest BCUT2D eigenvalue weighted by atomic mass is 32.1. The smallest absolute Gasteiger partial charge is 0.166 e. The summed E-state index contributed by atoms with van der Waals surface area (Å²) < 4.78 is 0. The van der Waals surface area contributed by atoms with Gasteiger partial charge in [0.2, 0.25) is 0 Å². The van der Waals surface area contributed by atoms with Crippen LogP contribution in [-0.4, -0.2) is 25.8 Å². The maximum Gasteiger partial charge on any atom is 0.166 e. The Labute approximate surface area is 138 Å². The zero-order valence-electron chi connectivity index (χ0n) is 13.2. The van der Waals surface area contributed by atoms with E-state index in [1.54, 1.807) is 0 Å². The third kappa shape index (κ3) is 5.13. The Morgan fingerprint density at radius 2 is 1.55 bits per heavy atom. The minimum absolute atomic E-state index is 0.373. The van der Waals surface area contributed by atoms with Gasteiger partial charge in [-0.3, -0.25) is 0 Å². The molecule has 0 heterocycles. The molecule has 0 aromatic heterocycles. The molecule has 0 aliphatic rings. The van der Waals surface area contributed by atoms with Gasteiger partial charge in [0, 0.05) is 12.1 Å². The van der Waals surface area contributed by atoms with Crippen molar-refractivity contribution in [3.63, 3.8) is 0 Å². The van der Waals surface area contributed by atoms with Gasteiger partial charge in [0.1, 0.15) is 6.04 Å². The Morgan fingerprint density at radius 3 is 2.14 bits per heavy atom. The molecule has 0 aliphatic carbocycles. The lowest BCUT2D eigenvalue weighted by Crippen LogP contribution is -3.07. The number of hydrogen-bond donors (Lipinski definition) is 3. The highest BCUT2D eigenvalue weighted by Crippen LogP contribution is 2.07. The topological polar surface area (TPSA) is 28.5 Å². The van der Waals surface area contributed by atoms with E-state index in [1.165, 1.54) is 16.0 Å². The molecule has 0 saturated carbocycles. The lowest BCUT2D eigenvalue weighted by molar-refractivity contribution is -0.890. The quantitative estimate of drug-likeness (QED) is 0.707. The monoisotopic (exact) mass is 314 g/mol. The maximum atomic E-state index is 5.38. The number of thiocarbonyl (C=S) groups is 1. The minimum Gasteiger partial charge on any atom is -0.359 e. The first-order valence-corrected chi connectivity index (χ1v) is 7.98. The zero-order valence-corrected chi connectivity index (χ0v) is 14.0. The van der Waals surface area contributed by atoms with Gasteiger partial charge < -0.3 is 15.5 Å². The molecule has 2 rings (SSSR count). The number of nitrogens with one attached hydrogen (secondary N) is 3. The van der Waals surface area contributed by atoms with E-state index in [-0.39, 0.29) is 0 Å². The van der Waals surface area contributed by atoms with Gasteiger partial charge in [-0.15, -0.1) is 0 Å². The van der Waals surface area contributed by atoms with Crippen molar-refractivity contribution in [2.45, 2.75) is 12.6 Å². The third-order valence-electron chi connectivity index (χ3n) is 3.66. The van der Waals surface area contributed by atoms with Crippen LogP contribution in [0.4, 0.5) is 0 Å². The van der Waals surface area contributed by atoms with E-state index in [0.29, 0.717) is 11.2 Å². The van der Waals surface area contributed by atoms with E-state index in [9.17, 15) is 0 Å². The molecule has 3 nitrogen and oxygen atoms in total. The number of hydrogen-bond acceptors (Lipinski definition) is 1. The van der Waals surface area contributed by atoms with Gasteiger partial charge >= 0.3 is 0 Å². The number of likely N-dealkylation sites (N-methyl/N-ethyl adjacent to an activating group) is 1. The molecule has 22 heavy (non-hydrogen) atoms. The van der Waals surface area contributed by atoms with Gasteiger partial charge in [-0.2, -0.15) is 0 Å². The summed E-state index contributed by atoms with van der Waals surface area (Å²) in [4.78, 5) is 1.38. The summed E-state index contributed by atoms with van der Waals surface area (Å²) in [5, 5.41) is 7.29. The van der Waals surface area contributed by atoms with Gasteiger partial charge in [-0.1, -0.05) is 60.7 Å². The predicted octanol–water partition coefficient (Wildman–Crippen LogP) is 1.54. The second-order valence-electron chi connectivity index (χ2n) is 5.59. The van der Waals surface area contributed by atoms with Crippen LogP contribution in [0.5, 0.6) is 0 Å². The van der Waals surface area contributed by atoms with E-state index >= 15 is 0 Å². The molecule has 0 spiro atoms. The summed E-state index contributed by atoms with van der Waals surface area (Å²) in [6.07, 6.45) is 0. The van der Waals surface area contributed by atoms with Crippen molar-refractivity contribution in [1.82, 2.24) is 10.6 Å². The van der Waals surface area contributed by atoms with E-state index in [0.717, 1.165) is 13.1 Å². The van der Waals surface area contributed by atoms with E-state index in [1.807, 2.05) is 24.3 Å². The molecule has 1 atom stereocenters. The number of benzene rings is 2. The first-order valence-electron chi connectivity index (χ1n) is 7.57. The Hall–Kier alpha value is -1.91. The van der Waals surface area contributed by atoms with Crippen molar-refractivity contribution in [2.24, 2.45) is 0 Å². The predicted molar refractivity (Wildman–Crippen MR) is 95.9 cm³/mol. The van der Waals surface area contributed by atoms with Crippen LogP contribution in [0.1, 0.15) is 17.2 Å². The average Bonchev–Trinajstić information content (AvgIpc) is 2.55. The van der Waals surface area contributed by atoms with Gasteiger partial charge in [0.15, 0.2) is 5.11 Å². The number of quaternary nitrogens is 1. The first-order chi connectivity index (χ1) is 10.7. The van der Waals surface area contributed by atoms with Crippen LogP contribution < -0.4 is 15.5 Å². The van der Waals surface area contributed by atoms with Crippen LogP contribution in [0.2, 0.25) is 0 Å². The van der Waals surface area contributed by atoms with Crippen LogP contribution in [0.25, 0.3) is 0 Å². The zero-order chi connectivity index (χ0) is 15.8. The number of rotatable bonds is 6. The molecule has 0 unspecified atom stereocenters. The summed E-state index contributed by atoms with van der Waals surface area (Å²) in [5.74, 6) is 0. The van der Waals surface area contributed by atoms with E-state index < -0.39 is 0 Å². The van der Waals surface area contributed by atoms with Crippen LogP contribution >= 0.6 is 12.2 Å². The molecule has 0 bridgehead atoms. The lowest BCUT2D eigenvalue weighted by Gasteiger charge is -2.23. The molecule has 2 aromatic carbocycles. The van der Waals surface area contributed by atoms with E-state index in [4.69, 9.17) is 12.2 Å². The molecule has 4 heteroatoms. The first kappa shape index (κ1) is 16.5. The Bertz CT molecular complexity index is 569. The van der Waals surface area contributed by atoms with Crippen LogP contribution in [0, 0.1) is 0 Å². The Kier molecular flexibility index (Phi) is 6.37. The van der Waals surface area contributed by atoms with Gasteiger partial charge in [0.25, 0.3) is 0 Å². The standard InChI is InChI=1S/C18H23N3S/c1-21(2)17(16-11-7-4-8-12-16)14-20-18(22)19-13-15-9-5-3-6-10-15/h3-12,17H,13-14H2,1-2H3,(H2,19,20,22)/p+1/t17-/m0/s1. The highest BCUT2D eigenvalue weighted by molar-refractivity contribution is 7.80. The molecule has 116 valence electrons. The molecule has 3 N–H and O–H groups in total. The molecule has 0 saturated heterocycles. The van der Waals surface area contributed by atoms with Crippen molar-refractivity contribution in [3.05, 3.63) is 71.8 Å². The summed E-state index contributed by atoms with van der Waals surface area (Å²) in [6, 6.07) is 21.2. The summed E-state index contributed by atoms with van der Waals surface area (Å²) in [7, 11) is 4.33. The Balaban J connectivity index is 1.83. The van der Waals surface area contributed by atoms with Crippen LogP contribution in [0.3, 0.4) is 0 Å². The van der Waals surface area contributed by atoms with Crippen LogP contribution in [0.15, 0.2) is 60.7 Å². The lowest BCUT2D eigenvalue weighted by atomic mass is 10.1. The van der Waals surface area contributed by atoms with Crippen molar-refractivity contribution in [3.8, 4) is 0 Å². The van der Waals surface area contributed by atoms with E-state index in [2.05, 4.69) is 61.1 Å². The minimum atomic E-state index is 0.373. The van der Waals surface area contributed by atoms with Crippen molar-refractivity contribution < 1.29 is 4.90 Å². The Morgan fingerprint density at radius 1 is 0.955 bits per heavy atom. The fraction of sp³-hybridized carbons (Fsp3) is 0.278. The van der Waals surface area contributed by atoms with Crippen molar-refractivity contribution in [2.75, 3.05) is 20.6 Å². The molecule has 2 aromatic rings. The summed E-state index contributed by atoms with van der Waals surface area (Å²) in [6.45, 7) is 1.56. The fourth-order valence-electron chi connectivity index (χ4n) is 2.38. The van der Waals surface area contributed by atoms with Gasteiger partial charge in [0.05, 0.1) is 20.6 Å². The van der Waals surface area contributed by atoms with Gasteiger partial charge in [-0.25, -0.2) is 0 Å². The third-order valence-corrected chi connectivity index (χ3v) is 3.95. The normalized spacial score (nSPS) is 12.0. The maximum absolute atomic E-state index is 5.38. The van der Waals surface area contributed by atoms with Gasteiger partial charge in [-0.05, 0) is 17.8 Å². The molecule has 0 fully saturated rings. The summed E-state index contributed by atoms with van der Waals surface area (Å²) >= 11 is 5.38. The molecular weight excluding hydrogens is 290 g/mol.